The molecule has 0 aliphatic carbocycles. The van der Waals surface area contributed by atoms with Gasteiger partial charge in [0.25, 0.3) is 0 Å². The number of pyridine rings is 1. The molecule has 2 heterocycles. The Morgan fingerprint density at radius 1 is 1.10 bits per heavy atom. The molecule has 3 nitrogen and oxygen atoms in total. The van der Waals surface area contributed by atoms with Gasteiger partial charge in [0.15, 0.2) is 0 Å². The van der Waals surface area contributed by atoms with Gasteiger partial charge in [0, 0.05) is 13.1 Å². The molecule has 2 N–H and O–H groups in total. The van der Waals surface area contributed by atoms with Crippen LogP contribution in [-0.2, 0) is 13.0 Å². The standard InChI is InChI=1S/C16H17N3S/c17-16(20)14-8-3-9-15(18-14)19-10-4-7-12-5-1-2-6-13(12)11-19/h1-3,5-6,8-9H,4,7,10-11H2,(H2,17,20). The van der Waals surface area contributed by atoms with E-state index in [0.717, 1.165) is 31.7 Å². The molecule has 1 aliphatic rings. The van der Waals surface area contributed by atoms with E-state index in [1.807, 2.05) is 18.2 Å². The van der Waals surface area contributed by atoms with E-state index >= 15 is 0 Å². The molecule has 0 atom stereocenters. The van der Waals surface area contributed by atoms with Gasteiger partial charge in [0.2, 0.25) is 0 Å². The Balaban J connectivity index is 1.91. The van der Waals surface area contributed by atoms with Crippen molar-refractivity contribution in [2.45, 2.75) is 19.4 Å². The Morgan fingerprint density at radius 2 is 1.90 bits per heavy atom. The third-order valence-corrected chi connectivity index (χ3v) is 3.87. The fraction of sp³-hybridized carbons (Fsp3) is 0.250. The lowest BCUT2D eigenvalue weighted by atomic mass is 10.0. The zero-order valence-electron chi connectivity index (χ0n) is 11.2. The molecule has 1 aromatic carbocycles. The van der Waals surface area contributed by atoms with Crippen molar-refractivity contribution >= 4 is 23.0 Å². The van der Waals surface area contributed by atoms with Gasteiger partial charge in [-0.25, -0.2) is 4.98 Å². The molecule has 0 unspecified atom stereocenters. The first kappa shape index (κ1) is 13.1. The maximum atomic E-state index is 5.67. The molecule has 0 fully saturated rings. The van der Waals surface area contributed by atoms with Gasteiger partial charge in [0.1, 0.15) is 10.8 Å². The Labute approximate surface area is 124 Å². The van der Waals surface area contributed by atoms with Gasteiger partial charge in [-0.2, -0.15) is 0 Å². The lowest BCUT2D eigenvalue weighted by Crippen LogP contribution is -2.24. The Bertz CT molecular complexity index is 639. The molecule has 4 heteroatoms. The summed E-state index contributed by atoms with van der Waals surface area (Å²) in [4.78, 5) is 7.22. The molecule has 1 aliphatic heterocycles. The van der Waals surface area contributed by atoms with Gasteiger partial charge < -0.3 is 10.6 Å². The zero-order valence-corrected chi connectivity index (χ0v) is 12.1. The average molecular weight is 283 g/mol. The number of benzene rings is 1. The predicted molar refractivity (Wildman–Crippen MR) is 85.9 cm³/mol. The normalized spacial score (nSPS) is 14.5. The van der Waals surface area contributed by atoms with Crippen LogP contribution in [0.3, 0.4) is 0 Å². The van der Waals surface area contributed by atoms with E-state index in [1.54, 1.807) is 0 Å². The van der Waals surface area contributed by atoms with Crippen molar-refractivity contribution in [1.29, 1.82) is 0 Å². The second-order valence-corrected chi connectivity index (χ2v) is 5.48. The smallest absolute Gasteiger partial charge is 0.129 e. The number of anilines is 1. The summed E-state index contributed by atoms with van der Waals surface area (Å²) in [5, 5.41) is 0. The Morgan fingerprint density at radius 3 is 2.70 bits per heavy atom. The molecule has 0 bridgehead atoms. The maximum Gasteiger partial charge on any atom is 0.129 e. The number of nitrogens with zero attached hydrogens (tertiary/aromatic N) is 2. The van der Waals surface area contributed by atoms with Crippen molar-refractivity contribution in [2.75, 3.05) is 11.4 Å². The van der Waals surface area contributed by atoms with E-state index in [1.165, 1.54) is 11.1 Å². The third kappa shape index (κ3) is 2.65. The maximum absolute atomic E-state index is 5.67. The summed E-state index contributed by atoms with van der Waals surface area (Å²) in [6.07, 6.45) is 2.26. The largest absolute Gasteiger partial charge is 0.388 e. The van der Waals surface area contributed by atoms with Crippen LogP contribution in [0.2, 0.25) is 0 Å². The van der Waals surface area contributed by atoms with Crippen LogP contribution in [0.1, 0.15) is 23.2 Å². The number of thiocarbonyl (C=S) groups is 1. The second-order valence-electron chi connectivity index (χ2n) is 5.04. The number of aromatic nitrogens is 1. The summed E-state index contributed by atoms with van der Waals surface area (Å²) in [5.41, 5.74) is 9.19. The lowest BCUT2D eigenvalue weighted by molar-refractivity contribution is 0.754. The highest BCUT2D eigenvalue weighted by Gasteiger charge is 2.15. The first-order chi connectivity index (χ1) is 9.74. The summed E-state index contributed by atoms with van der Waals surface area (Å²) >= 11 is 5.01. The average Bonchev–Trinajstić information content (AvgIpc) is 2.69. The predicted octanol–water partition coefficient (Wildman–Crippen LogP) is 2.67. The van der Waals surface area contributed by atoms with E-state index in [2.05, 4.69) is 34.1 Å². The summed E-state index contributed by atoms with van der Waals surface area (Å²) in [6, 6.07) is 14.5. The molecule has 0 saturated carbocycles. The number of aryl methyl sites for hydroxylation is 1. The van der Waals surface area contributed by atoms with Crippen LogP contribution in [0.15, 0.2) is 42.5 Å². The van der Waals surface area contributed by atoms with Gasteiger partial charge in [0.05, 0.1) is 5.69 Å². The fourth-order valence-electron chi connectivity index (χ4n) is 2.63. The molecule has 20 heavy (non-hydrogen) atoms. The van der Waals surface area contributed by atoms with Crippen LogP contribution in [0.25, 0.3) is 0 Å². The lowest BCUT2D eigenvalue weighted by Gasteiger charge is -2.22. The Hall–Kier alpha value is -1.94. The third-order valence-electron chi connectivity index (χ3n) is 3.66. The molecule has 0 spiro atoms. The second kappa shape index (κ2) is 5.59. The molecular weight excluding hydrogens is 266 g/mol. The fourth-order valence-corrected chi connectivity index (χ4v) is 2.75. The first-order valence-corrected chi connectivity index (χ1v) is 7.23. The van der Waals surface area contributed by atoms with Crippen molar-refractivity contribution in [3.05, 3.63) is 59.3 Å². The highest BCUT2D eigenvalue weighted by Crippen LogP contribution is 2.22. The van der Waals surface area contributed by atoms with Gasteiger partial charge in [-0.1, -0.05) is 42.5 Å². The molecular formula is C16H17N3S. The van der Waals surface area contributed by atoms with Gasteiger partial charge in [-0.05, 0) is 36.1 Å². The van der Waals surface area contributed by atoms with Crippen LogP contribution >= 0.6 is 12.2 Å². The number of rotatable bonds is 2. The van der Waals surface area contributed by atoms with Crippen molar-refractivity contribution in [2.24, 2.45) is 5.73 Å². The first-order valence-electron chi connectivity index (χ1n) is 6.82. The van der Waals surface area contributed by atoms with Gasteiger partial charge in [-0.3, -0.25) is 0 Å². The highest BCUT2D eigenvalue weighted by atomic mass is 32.1. The summed E-state index contributed by atoms with van der Waals surface area (Å²) in [6.45, 7) is 1.90. The van der Waals surface area contributed by atoms with Crippen molar-refractivity contribution in [3.8, 4) is 0 Å². The minimum absolute atomic E-state index is 0.349. The number of hydrogen-bond acceptors (Lipinski definition) is 3. The zero-order chi connectivity index (χ0) is 13.9. The molecule has 2 aromatic rings. The molecule has 102 valence electrons. The van der Waals surface area contributed by atoms with Crippen LogP contribution in [0.5, 0.6) is 0 Å². The van der Waals surface area contributed by atoms with Gasteiger partial charge in [-0.15, -0.1) is 0 Å². The van der Waals surface area contributed by atoms with E-state index in [0.29, 0.717) is 10.7 Å². The highest BCUT2D eigenvalue weighted by molar-refractivity contribution is 7.80. The van der Waals surface area contributed by atoms with Crippen molar-refractivity contribution < 1.29 is 0 Å². The monoisotopic (exact) mass is 283 g/mol. The van der Waals surface area contributed by atoms with Crippen molar-refractivity contribution in [1.82, 2.24) is 4.98 Å². The quantitative estimate of drug-likeness (QED) is 0.861. The van der Waals surface area contributed by atoms with Crippen LogP contribution in [0, 0.1) is 0 Å². The molecule has 0 saturated heterocycles. The number of nitrogens with two attached hydrogens (primary N) is 1. The van der Waals surface area contributed by atoms with E-state index in [-0.39, 0.29) is 0 Å². The summed E-state index contributed by atoms with van der Waals surface area (Å²) in [5.74, 6) is 0.951. The SMILES string of the molecule is NC(=S)c1cccc(N2CCCc3ccccc3C2)n1. The molecule has 3 rings (SSSR count). The topological polar surface area (TPSA) is 42.1 Å². The van der Waals surface area contributed by atoms with E-state index in [4.69, 9.17) is 18.0 Å². The number of hydrogen-bond donors (Lipinski definition) is 1. The Kier molecular flexibility index (Phi) is 3.65. The van der Waals surface area contributed by atoms with Crippen LogP contribution in [-0.4, -0.2) is 16.5 Å². The molecule has 1 aromatic heterocycles. The summed E-state index contributed by atoms with van der Waals surface area (Å²) < 4.78 is 0. The minimum Gasteiger partial charge on any atom is -0.388 e. The van der Waals surface area contributed by atoms with Crippen LogP contribution < -0.4 is 10.6 Å². The van der Waals surface area contributed by atoms with Gasteiger partial charge >= 0.3 is 0 Å². The van der Waals surface area contributed by atoms with E-state index in [9.17, 15) is 0 Å². The number of fused-ring (bicyclic) bond motifs is 1. The molecule has 0 amide bonds. The van der Waals surface area contributed by atoms with E-state index < -0.39 is 0 Å². The summed E-state index contributed by atoms with van der Waals surface area (Å²) in [7, 11) is 0. The molecule has 0 radical (unpaired) electrons. The minimum atomic E-state index is 0.349. The van der Waals surface area contributed by atoms with Crippen molar-refractivity contribution in [3.63, 3.8) is 0 Å². The van der Waals surface area contributed by atoms with Crippen LogP contribution in [0.4, 0.5) is 5.82 Å².